The molecule has 0 aliphatic carbocycles. The van der Waals surface area contributed by atoms with Crippen LogP contribution in [-0.2, 0) is 26.0 Å². The van der Waals surface area contributed by atoms with Gasteiger partial charge < -0.3 is 0 Å². The van der Waals surface area contributed by atoms with Gasteiger partial charge in [0.1, 0.15) is 10.3 Å². The Hall–Kier alpha value is -3.03. The van der Waals surface area contributed by atoms with Gasteiger partial charge >= 0.3 is 0 Å². The maximum absolute atomic E-state index is 13.4. The van der Waals surface area contributed by atoms with Gasteiger partial charge in [0.05, 0.1) is 23.7 Å². The number of anilines is 1. The van der Waals surface area contributed by atoms with E-state index in [9.17, 15) is 18.0 Å². The molecule has 33 heavy (non-hydrogen) atoms. The smallest absolute Gasteiger partial charge is 0.253 e. The molecule has 0 radical (unpaired) electrons. The quantitative estimate of drug-likeness (QED) is 0.460. The van der Waals surface area contributed by atoms with Crippen LogP contribution in [0.3, 0.4) is 0 Å². The molecule has 4 rings (SSSR count). The Bertz CT molecular complexity index is 1330. The number of carbonyl (C=O) groups excluding carboxylic acids is 2. The average Bonchev–Trinajstić information content (AvgIpc) is 3.43. The van der Waals surface area contributed by atoms with Crippen LogP contribution in [-0.4, -0.2) is 37.1 Å². The number of sulfonamides is 1. The van der Waals surface area contributed by atoms with E-state index in [0.717, 1.165) is 26.1 Å². The van der Waals surface area contributed by atoms with Crippen molar-refractivity contribution in [3.8, 4) is 6.07 Å². The fourth-order valence-electron chi connectivity index (χ4n) is 3.70. The Balaban J connectivity index is 1.66. The first-order chi connectivity index (χ1) is 15.8. The minimum atomic E-state index is -4.02. The van der Waals surface area contributed by atoms with Crippen molar-refractivity contribution in [3.05, 3.63) is 82.2 Å². The molecule has 0 saturated carbocycles. The predicted molar refractivity (Wildman–Crippen MR) is 125 cm³/mol. The summed E-state index contributed by atoms with van der Waals surface area (Å²) in [4.78, 5) is 27.1. The molecule has 3 aromatic rings. The molecule has 1 aliphatic heterocycles. The summed E-state index contributed by atoms with van der Waals surface area (Å²) in [6.07, 6.45) is 0.0546. The van der Waals surface area contributed by atoms with Crippen molar-refractivity contribution < 1.29 is 18.0 Å². The van der Waals surface area contributed by atoms with Crippen LogP contribution in [0.2, 0.25) is 5.02 Å². The first-order valence-electron chi connectivity index (χ1n) is 9.98. The molecule has 2 heterocycles. The number of carbonyl (C=O) groups is 2. The number of hydrogen-bond acceptors (Lipinski definition) is 6. The van der Waals surface area contributed by atoms with E-state index in [0.29, 0.717) is 22.7 Å². The van der Waals surface area contributed by atoms with Crippen molar-refractivity contribution in [2.75, 3.05) is 11.4 Å². The van der Waals surface area contributed by atoms with E-state index in [-0.39, 0.29) is 17.2 Å². The highest BCUT2D eigenvalue weighted by Gasteiger charge is 2.47. The number of imide groups is 1. The van der Waals surface area contributed by atoms with E-state index in [1.54, 1.807) is 29.6 Å². The first-order valence-corrected chi connectivity index (χ1v) is 12.7. The highest BCUT2D eigenvalue weighted by Crippen LogP contribution is 2.31. The maximum Gasteiger partial charge on any atom is 0.253 e. The van der Waals surface area contributed by atoms with Crippen molar-refractivity contribution in [3.63, 3.8) is 0 Å². The number of thiophene rings is 1. The zero-order valence-corrected chi connectivity index (χ0v) is 19.6. The second-order valence-corrected chi connectivity index (χ2v) is 10.9. The molecule has 10 heteroatoms. The second-order valence-electron chi connectivity index (χ2n) is 7.37. The van der Waals surface area contributed by atoms with E-state index >= 15 is 0 Å². The Kier molecular flexibility index (Phi) is 6.63. The van der Waals surface area contributed by atoms with Crippen molar-refractivity contribution in [2.24, 2.45) is 0 Å². The molecule has 168 valence electrons. The number of rotatable bonds is 7. The third kappa shape index (κ3) is 4.70. The van der Waals surface area contributed by atoms with Gasteiger partial charge in [-0.25, -0.2) is 13.3 Å². The summed E-state index contributed by atoms with van der Waals surface area (Å²) in [5.41, 5.74) is 1.50. The normalized spacial score (nSPS) is 16.4. The molecular weight excluding hydrogens is 482 g/mol. The van der Waals surface area contributed by atoms with Gasteiger partial charge in [0, 0.05) is 11.6 Å². The van der Waals surface area contributed by atoms with Gasteiger partial charge in [0.15, 0.2) is 0 Å². The third-order valence-electron chi connectivity index (χ3n) is 5.29. The van der Waals surface area contributed by atoms with Crippen LogP contribution in [0.25, 0.3) is 0 Å². The van der Waals surface area contributed by atoms with Crippen LogP contribution < -0.4 is 4.90 Å². The lowest BCUT2D eigenvalue weighted by molar-refractivity contribution is -0.122. The van der Waals surface area contributed by atoms with Crippen LogP contribution in [0.5, 0.6) is 0 Å². The fraction of sp³-hybridized carbons (Fsp3) is 0.174. The number of hydrogen-bond donors (Lipinski definition) is 0. The molecule has 0 bridgehead atoms. The van der Waals surface area contributed by atoms with E-state index in [1.165, 1.54) is 30.3 Å². The zero-order valence-electron chi connectivity index (χ0n) is 17.2. The number of amides is 2. The van der Waals surface area contributed by atoms with Gasteiger partial charge in [-0.05, 0) is 59.8 Å². The van der Waals surface area contributed by atoms with E-state index in [4.69, 9.17) is 16.9 Å². The molecule has 1 saturated heterocycles. The molecule has 1 atom stereocenters. The monoisotopic (exact) mass is 499 g/mol. The molecule has 1 unspecified atom stereocenters. The number of benzene rings is 2. The second kappa shape index (κ2) is 9.45. The molecule has 2 aromatic carbocycles. The summed E-state index contributed by atoms with van der Waals surface area (Å²) < 4.78 is 28.1. The number of nitrogens with zero attached hydrogens (tertiary/aromatic N) is 3. The Morgan fingerprint density at radius 3 is 2.52 bits per heavy atom. The van der Waals surface area contributed by atoms with E-state index < -0.39 is 27.9 Å². The molecule has 0 spiro atoms. The fourth-order valence-corrected chi connectivity index (χ4v) is 6.61. The maximum atomic E-state index is 13.4. The number of halogens is 1. The highest BCUT2D eigenvalue weighted by atomic mass is 35.5. The summed E-state index contributed by atoms with van der Waals surface area (Å²) in [5, 5.41) is 11.2. The molecule has 0 N–H and O–H groups in total. The van der Waals surface area contributed by atoms with Gasteiger partial charge in [-0.15, -0.1) is 11.3 Å². The highest BCUT2D eigenvalue weighted by molar-refractivity contribution is 7.91. The van der Waals surface area contributed by atoms with Crippen molar-refractivity contribution in [1.29, 1.82) is 5.26 Å². The van der Waals surface area contributed by atoms with Gasteiger partial charge in [-0.3, -0.25) is 9.59 Å². The molecular formula is C23H18ClN3O4S2. The van der Waals surface area contributed by atoms with Crippen molar-refractivity contribution in [2.45, 2.75) is 23.1 Å². The average molecular weight is 500 g/mol. The summed E-state index contributed by atoms with van der Waals surface area (Å²) in [5.74, 6) is -1.11. The summed E-state index contributed by atoms with van der Waals surface area (Å²) in [6, 6.07) is 17.0. The summed E-state index contributed by atoms with van der Waals surface area (Å²) in [6.45, 7) is 0.00543. The van der Waals surface area contributed by atoms with Crippen LogP contribution >= 0.6 is 22.9 Å². The molecule has 1 fully saturated rings. The first kappa shape index (κ1) is 23.1. The minimum Gasteiger partial charge on any atom is -0.274 e. The third-order valence-corrected chi connectivity index (χ3v) is 8.81. The number of nitriles is 1. The lowest BCUT2D eigenvalue weighted by Crippen LogP contribution is -2.46. The van der Waals surface area contributed by atoms with Crippen molar-refractivity contribution in [1.82, 2.24) is 4.31 Å². The molecule has 7 nitrogen and oxygen atoms in total. The van der Waals surface area contributed by atoms with Gasteiger partial charge in [0.2, 0.25) is 5.91 Å². The summed E-state index contributed by atoms with van der Waals surface area (Å²) in [7, 11) is -4.02. The lowest BCUT2D eigenvalue weighted by Gasteiger charge is -2.26. The van der Waals surface area contributed by atoms with Crippen molar-refractivity contribution >= 4 is 50.5 Å². The molecule has 2 amide bonds. The Morgan fingerprint density at radius 2 is 1.88 bits per heavy atom. The standard InChI is InChI=1S/C23H18ClN3O4S2/c24-18-4-1-3-16(13-18)10-11-26(33(30,31)22-5-2-12-32-22)20-14-21(28)27(23(20)29)19-8-6-17(15-25)7-9-19/h1-9,12-13,20H,10-11,14H2. The van der Waals surface area contributed by atoms with Gasteiger partial charge in [0.25, 0.3) is 15.9 Å². The van der Waals surface area contributed by atoms with Crippen LogP contribution in [0.1, 0.15) is 17.5 Å². The zero-order chi connectivity index (χ0) is 23.6. The summed E-state index contributed by atoms with van der Waals surface area (Å²) >= 11 is 7.11. The predicted octanol–water partition coefficient (Wildman–Crippen LogP) is 3.84. The topological polar surface area (TPSA) is 98.5 Å². The molecule has 1 aromatic heterocycles. The van der Waals surface area contributed by atoms with Gasteiger partial charge in [-0.1, -0.05) is 29.8 Å². The Morgan fingerprint density at radius 1 is 1.12 bits per heavy atom. The van der Waals surface area contributed by atoms with Gasteiger partial charge in [-0.2, -0.15) is 9.57 Å². The Labute approximate surface area is 200 Å². The molecule has 1 aliphatic rings. The lowest BCUT2D eigenvalue weighted by atomic mass is 10.1. The van der Waals surface area contributed by atoms with E-state index in [2.05, 4.69) is 0 Å². The minimum absolute atomic E-state index is 0.00543. The van der Waals surface area contributed by atoms with Crippen LogP contribution in [0.15, 0.2) is 70.3 Å². The SMILES string of the molecule is N#Cc1ccc(N2C(=O)CC(N(CCc3cccc(Cl)c3)S(=O)(=O)c3cccs3)C2=O)cc1. The van der Waals surface area contributed by atoms with E-state index in [1.807, 2.05) is 12.1 Å². The largest absolute Gasteiger partial charge is 0.274 e. The van der Waals surface area contributed by atoms with Crippen LogP contribution in [0, 0.1) is 11.3 Å². The van der Waals surface area contributed by atoms with Crippen LogP contribution in [0.4, 0.5) is 5.69 Å².